The predicted octanol–water partition coefficient (Wildman–Crippen LogP) is 21.1. The summed E-state index contributed by atoms with van der Waals surface area (Å²) in [5, 5.41) is 10.6. The maximum atomic E-state index is 13.1. The molecule has 5 atom stereocenters. The Kier molecular flexibility index (Phi) is 63.7. The van der Waals surface area contributed by atoms with E-state index in [4.69, 9.17) is 37.0 Å². The van der Waals surface area contributed by atoms with Gasteiger partial charge in [-0.1, -0.05) is 303 Å². The molecular formula is C74H140O17P2. The lowest BCUT2D eigenvalue weighted by Crippen LogP contribution is -2.30. The Morgan fingerprint density at radius 3 is 0.882 bits per heavy atom. The van der Waals surface area contributed by atoms with Crippen LogP contribution >= 0.6 is 15.6 Å². The minimum absolute atomic E-state index is 0.100. The number of allylic oxidation sites excluding steroid dienone is 4. The summed E-state index contributed by atoms with van der Waals surface area (Å²) < 4.78 is 68.3. The zero-order valence-corrected chi connectivity index (χ0v) is 61.8. The predicted molar refractivity (Wildman–Crippen MR) is 377 cm³/mol. The monoisotopic (exact) mass is 1360 g/mol. The van der Waals surface area contributed by atoms with Gasteiger partial charge in [0, 0.05) is 25.7 Å². The van der Waals surface area contributed by atoms with Crippen molar-refractivity contribution in [3.63, 3.8) is 0 Å². The Balaban J connectivity index is 5.26. The van der Waals surface area contributed by atoms with Crippen LogP contribution in [0.1, 0.15) is 356 Å². The first kappa shape index (κ1) is 90.5. The lowest BCUT2D eigenvalue weighted by Gasteiger charge is -2.21. The molecule has 19 heteroatoms. The Morgan fingerprint density at radius 2 is 0.581 bits per heavy atom. The molecule has 548 valence electrons. The molecule has 0 spiro atoms. The minimum atomic E-state index is -4.96. The van der Waals surface area contributed by atoms with Crippen LogP contribution in [-0.4, -0.2) is 96.7 Å². The second kappa shape index (κ2) is 65.5. The van der Waals surface area contributed by atoms with E-state index in [-0.39, 0.29) is 25.7 Å². The molecule has 0 heterocycles. The number of hydrogen-bond donors (Lipinski definition) is 3. The number of ether oxygens (including phenoxy) is 4. The molecule has 0 saturated carbocycles. The van der Waals surface area contributed by atoms with Crippen LogP contribution in [-0.2, 0) is 65.4 Å². The van der Waals surface area contributed by atoms with E-state index in [0.29, 0.717) is 25.7 Å². The van der Waals surface area contributed by atoms with Crippen LogP contribution in [0.5, 0.6) is 0 Å². The molecule has 0 aromatic heterocycles. The van der Waals surface area contributed by atoms with E-state index in [0.717, 1.165) is 127 Å². The van der Waals surface area contributed by atoms with Gasteiger partial charge in [-0.3, -0.25) is 37.3 Å². The summed E-state index contributed by atoms with van der Waals surface area (Å²) in [6, 6.07) is 0. The quantitative estimate of drug-likeness (QED) is 0.0169. The molecule has 0 rings (SSSR count). The Morgan fingerprint density at radius 1 is 0.333 bits per heavy atom. The number of phosphoric ester groups is 2. The summed E-state index contributed by atoms with van der Waals surface area (Å²) in [4.78, 5) is 72.6. The SMILES string of the molecule is CCCCCC/C=C\C=C/CCCCCCCC(=O)OC[C@H](COP(=O)(O)OC[C@@H](O)COP(=O)(O)OC[C@@H](COC(=O)CCCCCCCCCC)OC(=O)CCCCCCCCCCCCC(C)C)OC(=O)CCCCCCCCCCCCCCCCC(C)C. The zero-order chi connectivity index (χ0) is 68.6. The molecule has 3 N–H and O–H groups in total. The average Bonchev–Trinajstić information content (AvgIpc) is 3.09. The largest absolute Gasteiger partial charge is 0.472 e. The highest BCUT2D eigenvalue weighted by Crippen LogP contribution is 2.45. The molecule has 0 saturated heterocycles. The van der Waals surface area contributed by atoms with E-state index in [9.17, 15) is 43.2 Å². The second-order valence-electron chi connectivity index (χ2n) is 27.0. The van der Waals surface area contributed by atoms with Gasteiger partial charge in [-0.15, -0.1) is 0 Å². The smallest absolute Gasteiger partial charge is 0.462 e. The average molecular weight is 1360 g/mol. The summed E-state index contributed by atoms with van der Waals surface area (Å²) in [7, 11) is -9.92. The number of aliphatic hydroxyl groups is 1. The van der Waals surface area contributed by atoms with Gasteiger partial charge in [-0.2, -0.15) is 0 Å². The fourth-order valence-electron chi connectivity index (χ4n) is 10.8. The molecule has 0 fully saturated rings. The van der Waals surface area contributed by atoms with Gasteiger partial charge in [-0.05, 0) is 63.2 Å². The topological polar surface area (TPSA) is 237 Å². The minimum Gasteiger partial charge on any atom is -0.462 e. The van der Waals surface area contributed by atoms with E-state index >= 15 is 0 Å². The fraction of sp³-hybridized carbons (Fsp3) is 0.892. The number of rotatable bonds is 71. The highest BCUT2D eigenvalue weighted by Gasteiger charge is 2.30. The number of carbonyl (C=O) groups excluding carboxylic acids is 4. The lowest BCUT2D eigenvalue weighted by molar-refractivity contribution is -0.161. The maximum absolute atomic E-state index is 13.1. The van der Waals surface area contributed by atoms with Gasteiger partial charge in [0.05, 0.1) is 26.4 Å². The van der Waals surface area contributed by atoms with E-state index in [2.05, 4.69) is 65.8 Å². The molecule has 0 aliphatic heterocycles. The van der Waals surface area contributed by atoms with Crippen molar-refractivity contribution in [2.24, 2.45) is 11.8 Å². The van der Waals surface area contributed by atoms with Gasteiger partial charge in [0.2, 0.25) is 0 Å². The van der Waals surface area contributed by atoms with Gasteiger partial charge in [0.25, 0.3) is 0 Å². The number of carbonyl (C=O) groups is 4. The molecule has 0 radical (unpaired) electrons. The summed E-state index contributed by atoms with van der Waals surface area (Å²) in [5.74, 6) is -0.608. The molecule has 2 unspecified atom stereocenters. The summed E-state index contributed by atoms with van der Waals surface area (Å²) in [6.07, 6.45) is 54.9. The lowest BCUT2D eigenvalue weighted by atomic mass is 10.0. The Bertz CT molecular complexity index is 1900. The van der Waals surface area contributed by atoms with Crippen LogP contribution in [0.25, 0.3) is 0 Å². The summed E-state index contributed by atoms with van der Waals surface area (Å²) in [5.41, 5.74) is 0. The van der Waals surface area contributed by atoms with Crippen LogP contribution in [0.15, 0.2) is 24.3 Å². The zero-order valence-electron chi connectivity index (χ0n) is 60.0. The van der Waals surface area contributed by atoms with E-state index in [1.165, 1.54) is 148 Å². The molecule has 93 heavy (non-hydrogen) atoms. The molecule has 0 aromatic carbocycles. The highest BCUT2D eigenvalue weighted by molar-refractivity contribution is 7.47. The fourth-order valence-corrected chi connectivity index (χ4v) is 12.3. The number of esters is 4. The third kappa shape index (κ3) is 67.9. The van der Waals surface area contributed by atoms with E-state index in [1.54, 1.807) is 0 Å². The first-order valence-corrected chi connectivity index (χ1v) is 40.8. The van der Waals surface area contributed by atoms with Crippen molar-refractivity contribution >= 4 is 39.5 Å². The Hall–Kier alpha value is -2.46. The van der Waals surface area contributed by atoms with Crippen molar-refractivity contribution in [1.82, 2.24) is 0 Å². The van der Waals surface area contributed by atoms with Crippen molar-refractivity contribution in [1.29, 1.82) is 0 Å². The van der Waals surface area contributed by atoms with Crippen molar-refractivity contribution in [2.75, 3.05) is 39.6 Å². The third-order valence-electron chi connectivity index (χ3n) is 16.6. The number of phosphoric acid groups is 2. The first-order chi connectivity index (χ1) is 44.9. The Labute approximate surface area is 567 Å². The third-order valence-corrected chi connectivity index (χ3v) is 18.5. The van der Waals surface area contributed by atoms with Gasteiger partial charge in [-0.25, -0.2) is 9.13 Å². The normalized spacial score (nSPS) is 14.2. The summed E-state index contributed by atoms with van der Waals surface area (Å²) in [6.45, 7) is 9.50. The van der Waals surface area contributed by atoms with Crippen LogP contribution in [0.4, 0.5) is 0 Å². The molecule has 0 aliphatic rings. The van der Waals surface area contributed by atoms with Crippen LogP contribution in [0, 0.1) is 11.8 Å². The van der Waals surface area contributed by atoms with Crippen LogP contribution in [0.2, 0.25) is 0 Å². The molecule has 17 nitrogen and oxygen atoms in total. The van der Waals surface area contributed by atoms with Crippen molar-refractivity contribution < 1.29 is 80.2 Å². The number of hydrogen-bond acceptors (Lipinski definition) is 15. The second-order valence-corrected chi connectivity index (χ2v) is 29.9. The van der Waals surface area contributed by atoms with Gasteiger partial charge in [0.1, 0.15) is 19.3 Å². The van der Waals surface area contributed by atoms with Gasteiger partial charge >= 0.3 is 39.5 Å². The maximum Gasteiger partial charge on any atom is 0.472 e. The number of aliphatic hydroxyl groups excluding tert-OH is 1. The van der Waals surface area contributed by atoms with Gasteiger partial charge < -0.3 is 33.8 Å². The van der Waals surface area contributed by atoms with E-state index < -0.39 is 97.5 Å². The van der Waals surface area contributed by atoms with Crippen LogP contribution < -0.4 is 0 Å². The number of unbranched alkanes of at least 4 members (excludes halogenated alkanes) is 38. The molecule has 0 aromatic rings. The van der Waals surface area contributed by atoms with Crippen LogP contribution in [0.3, 0.4) is 0 Å². The first-order valence-electron chi connectivity index (χ1n) is 37.8. The highest BCUT2D eigenvalue weighted by atomic mass is 31.2. The molecule has 0 bridgehead atoms. The van der Waals surface area contributed by atoms with Crippen molar-refractivity contribution in [3.8, 4) is 0 Å². The molecule has 0 amide bonds. The van der Waals surface area contributed by atoms with Gasteiger partial charge in [0.15, 0.2) is 12.2 Å². The molecular weight excluding hydrogens is 1220 g/mol. The van der Waals surface area contributed by atoms with Crippen molar-refractivity contribution in [3.05, 3.63) is 24.3 Å². The van der Waals surface area contributed by atoms with Crippen molar-refractivity contribution in [2.45, 2.75) is 374 Å². The van der Waals surface area contributed by atoms with E-state index in [1.807, 2.05) is 0 Å². The summed E-state index contributed by atoms with van der Waals surface area (Å²) >= 11 is 0. The molecule has 0 aliphatic carbocycles. The standard InChI is InChI=1S/C74H140O17P2/c1-7-9-11-13-15-17-18-19-20-24-27-33-39-45-51-57-72(77)85-63-70(91-73(78)58-52-46-40-34-28-25-22-21-23-26-31-36-42-48-54-66(3)4)65-89-93(82,83)87-61-68(75)60-86-92(80,81)88-64-69(62-84-71(76)56-50-44-38-16-14-12-10-8-2)90-74(79)59-53-47-41-35-30-29-32-37-43-49-55-67(5)6/h17-20,66-70,75H,7-16,21-65H2,1-6H3,(H,80,81)(H,82,83)/b18-17-,20-19-/t68-,69+,70+/m0/s1.